The Balaban J connectivity index is 1.85. The molecule has 0 amide bonds. The quantitative estimate of drug-likeness (QED) is 0.611. The van der Waals surface area contributed by atoms with Gasteiger partial charge in [0.05, 0.1) is 0 Å². The van der Waals surface area contributed by atoms with Crippen LogP contribution in [0.1, 0.15) is 46.0 Å². The minimum absolute atomic E-state index is 0.945. The van der Waals surface area contributed by atoms with Crippen molar-refractivity contribution in [1.29, 1.82) is 0 Å². The molecule has 2 rings (SSSR count). The van der Waals surface area contributed by atoms with Gasteiger partial charge < -0.3 is 0 Å². The predicted molar refractivity (Wildman–Crippen MR) is 52.2 cm³/mol. The Kier molecular flexibility index (Phi) is 2.40. The Morgan fingerprint density at radius 2 is 2.08 bits per heavy atom. The van der Waals surface area contributed by atoms with Crippen LogP contribution in [0.3, 0.4) is 0 Å². The molecule has 1 aliphatic carbocycles. The molecule has 1 heteroatoms. The summed E-state index contributed by atoms with van der Waals surface area (Å²) >= 11 is 0. The summed E-state index contributed by atoms with van der Waals surface area (Å²) in [7, 11) is 0. The second kappa shape index (κ2) is 3.37. The van der Waals surface area contributed by atoms with E-state index in [1.807, 2.05) is 0 Å². The lowest BCUT2D eigenvalue weighted by Gasteiger charge is -2.45. The first-order chi connectivity index (χ1) is 5.81. The minimum Gasteiger partial charge on any atom is -0.297 e. The second-order valence-electron chi connectivity index (χ2n) is 4.66. The Hall–Kier alpha value is -0.0400. The molecule has 2 aliphatic rings. The highest BCUT2D eigenvalue weighted by atomic mass is 15.2. The molecule has 2 fully saturated rings. The highest BCUT2D eigenvalue weighted by Crippen LogP contribution is 2.34. The van der Waals surface area contributed by atoms with Gasteiger partial charge in [-0.25, -0.2) is 0 Å². The van der Waals surface area contributed by atoms with Gasteiger partial charge in [-0.05, 0) is 38.0 Å². The van der Waals surface area contributed by atoms with Crippen LogP contribution >= 0.6 is 0 Å². The first-order valence-corrected chi connectivity index (χ1v) is 5.57. The van der Waals surface area contributed by atoms with Gasteiger partial charge in [-0.15, -0.1) is 0 Å². The van der Waals surface area contributed by atoms with Crippen LogP contribution < -0.4 is 0 Å². The molecule has 0 spiro atoms. The normalized spacial score (nSPS) is 43.0. The van der Waals surface area contributed by atoms with E-state index in [1.54, 1.807) is 0 Å². The summed E-state index contributed by atoms with van der Waals surface area (Å²) in [5.41, 5.74) is 0. The smallest absolute Gasteiger partial charge is 0.0108 e. The lowest BCUT2D eigenvalue weighted by Crippen LogP contribution is -2.52. The van der Waals surface area contributed by atoms with E-state index >= 15 is 0 Å². The average molecular weight is 167 g/mol. The molecule has 3 atom stereocenters. The third-order valence-electron chi connectivity index (χ3n) is 3.80. The van der Waals surface area contributed by atoms with Gasteiger partial charge in [0.2, 0.25) is 0 Å². The molecule has 12 heavy (non-hydrogen) atoms. The lowest BCUT2D eigenvalue weighted by atomic mass is 9.96. The van der Waals surface area contributed by atoms with E-state index in [2.05, 4.69) is 18.7 Å². The number of nitrogens with zero attached hydrogens (tertiary/aromatic N) is 1. The van der Waals surface area contributed by atoms with Crippen molar-refractivity contribution in [2.75, 3.05) is 6.54 Å². The zero-order chi connectivity index (χ0) is 8.55. The lowest BCUT2D eigenvalue weighted by molar-refractivity contribution is 0.0400. The zero-order valence-electron chi connectivity index (χ0n) is 8.42. The van der Waals surface area contributed by atoms with E-state index in [-0.39, 0.29) is 0 Å². The molecule has 0 aromatic rings. The fourth-order valence-corrected chi connectivity index (χ4v) is 2.86. The first kappa shape index (κ1) is 8.55. The number of hydrogen-bond acceptors (Lipinski definition) is 1. The van der Waals surface area contributed by atoms with Crippen molar-refractivity contribution < 1.29 is 0 Å². The van der Waals surface area contributed by atoms with Crippen LogP contribution in [0.15, 0.2) is 0 Å². The van der Waals surface area contributed by atoms with Gasteiger partial charge in [-0.2, -0.15) is 0 Å². The standard InChI is InChI=1S/C11H21N/c1-3-10-6-7-12(10)11-5-4-9(2)8-11/h9-11H,3-8H2,1-2H3. The molecule has 0 radical (unpaired) electrons. The van der Waals surface area contributed by atoms with Crippen molar-refractivity contribution in [3.8, 4) is 0 Å². The summed E-state index contributed by atoms with van der Waals surface area (Å²) in [6.07, 6.45) is 7.23. The van der Waals surface area contributed by atoms with Crippen LogP contribution in [0.2, 0.25) is 0 Å². The first-order valence-electron chi connectivity index (χ1n) is 5.57. The van der Waals surface area contributed by atoms with Crippen molar-refractivity contribution in [2.45, 2.75) is 58.0 Å². The maximum atomic E-state index is 2.75. The molecule has 0 aromatic heterocycles. The summed E-state index contributed by atoms with van der Waals surface area (Å²) < 4.78 is 0. The van der Waals surface area contributed by atoms with Crippen molar-refractivity contribution in [3.05, 3.63) is 0 Å². The fraction of sp³-hybridized carbons (Fsp3) is 1.00. The summed E-state index contributed by atoms with van der Waals surface area (Å²) in [5.74, 6) is 0.994. The Bertz CT molecular complexity index is 153. The van der Waals surface area contributed by atoms with E-state index < -0.39 is 0 Å². The van der Waals surface area contributed by atoms with Crippen LogP contribution in [0.5, 0.6) is 0 Å². The fourth-order valence-electron chi connectivity index (χ4n) is 2.86. The van der Waals surface area contributed by atoms with Gasteiger partial charge >= 0.3 is 0 Å². The van der Waals surface area contributed by atoms with E-state index in [4.69, 9.17) is 0 Å². The SMILES string of the molecule is CCC1CCN1C1CCC(C)C1. The largest absolute Gasteiger partial charge is 0.297 e. The second-order valence-corrected chi connectivity index (χ2v) is 4.66. The predicted octanol–water partition coefficient (Wildman–Crippen LogP) is 2.66. The molecule has 0 N–H and O–H groups in total. The summed E-state index contributed by atoms with van der Waals surface area (Å²) in [4.78, 5) is 2.75. The van der Waals surface area contributed by atoms with Crippen LogP contribution in [0, 0.1) is 5.92 Å². The van der Waals surface area contributed by atoms with Crippen LogP contribution in [-0.2, 0) is 0 Å². The molecular weight excluding hydrogens is 146 g/mol. The van der Waals surface area contributed by atoms with Crippen LogP contribution in [-0.4, -0.2) is 23.5 Å². The topological polar surface area (TPSA) is 3.24 Å². The molecule has 1 saturated heterocycles. The molecule has 70 valence electrons. The molecule has 3 unspecified atom stereocenters. The van der Waals surface area contributed by atoms with Crippen molar-refractivity contribution >= 4 is 0 Å². The molecule has 1 aliphatic heterocycles. The molecule has 1 nitrogen and oxygen atoms in total. The van der Waals surface area contributed by atoms with Crippen molar-refractivity contribution in [2.24, 2.45) is 5.92 Å². The highest BCUT2D eigenvalue weighted by molar-refractivity contribution is 4.90. The van der Waals surface area contributed by atoms with E-state index in [0.717, 1.165) is 18.0 Å². The molecular formula is C11H21N. The maximum absolute atomic E-state index is 2.75. The molecule has 0 bridgehead atoms. The number of hydrogen-bond donors (Lipinski definition) is 0. The molecule has 1 heterocycles. The summed E-state index contributed by atoms with van der Waals surface area (Å²) in [6, 6.07) is 1.90. The van der Waals surface area contributed by atoms with Gasteiger partial charge in [0.15, 0.2) is 0 Å². The van der Waals surface area contributed by atoms with Gasteiger partial charge in [-0.3, -0.25) is 4.90 Å². The van der Waals surface area contributed by atoms with E-state index in [9.17, 15) is 0 Å². The third-order valence-corrected chi connectivity index (χ3v) is 3.80. The van der Waals surface area contributed by atoms with Gasteiger partial charge in [0.1, 0.15) is 0 Å². The molecule has 1 saturated carbocycles. The van der Waals surface area contributed by atoms with E-state index in [1.165, 1.54) is 38.6 Å². The van der Waals surface area contributed by atoms with Gasteiger partial charge in [-0.1, -0.05) is 13.8 Å². The van der Waals surface area contributed by atoms with Crippen molar-refractivity contribution in [1.82, 2.24) is 4.90 Å². The van der Waals surface area contributed by atoms with Crippen LogP contribution in [0.25, 0.3) is 0 Å². The third kappa shape index (κ3) is 1.39. The Morgan fingerprint density at radius 3 is 2.50 bits per heavy atom. The number of likely N-dealkylation sites (tertiary alicyclic amines) is 1. The summed E-state index contributed by atoms with van der Waals surface area (Å²) in [6.45, 7) is 6.12. The monoisotopic (exact) mass is 167 g/mol. The Morgan fingerprint density at radius 1 is 1.25 bits per heavy atom. The maximum Gasteiger partial charge on any atom is 0.0108 e. The van der Waals surface area contributed by atoms with Crippen molar-refractivity contribution in [3.63, 3.8) is 0 Å². The highest BCUT2D eigenvalue weighted by Gasteiger charge is 2.35. The van der Waals surface area contributed by atoms with Crippen LogP contribution in [0.4, 0.5) is 0 Å². The zero-order valence-corrected chi connectivity index (χ0v) is 8.42. The van der Waals surface area contributed by atoms with Gasteiger partial charge in [0, 0.05) is 18.6 Å². The van der Waals surface area contributed by atoms with Gasteiger partial charge in [0.25, 0.3) is 0 Å². The number of rotatable bonds is 2. The molecule has 0 aromatic carbocycles. The summed E-state index contributed by atoms with van der Waals surface area (Å²) in [5, 5.41) is 0. The minimum atomic E-state index is 0.945. The Labute approximate surface area is 76.1 Å². The van der Waals surface area contributed by atoms with E-state index in [0.29, 0.717) is 0 Å². The average Bonchev–Trinajstić information content (AvgIpc) is 2.35.